The summed E-state index contributed by atoms with van der Waals surface area (Å²) in [4.78, 5) is 12.0. The Morgan fingerprint density at radius 1 is 1.28 bits per heavy atom. The fourth-order valence-electron chi connectivity index (χ4n) is 1.69. The van der Waals surface area contributed by atoms with Crippen LogP contribution in [0.1, 0.15) is 24.2 Å². The van der Waals surface area contributed by atoms with E-state index in [2.05, 4.69) is 0 Å². The topological polar surface area (TPSA) is 52.3 Å². The highest BCUT2D eigenvalue weighted by Crippen LogP contribution is 2.34. The van der Waals surface area contributed by atoms with Crippen molar-refractivity contribution in [2.24, 2.45) is 0 Å². The van der Waals surface area contributed by atoms with Crippen molar-refractivity contribution < 1.29 is 9.53 Å². The molecule has 2 rings (SSSR count). The highest BCUT2D eigenvalue weighted by atomic mass is 32.1. The molecule has 1 aromatic carbocycles. The van der Waals surface area contributed by atoms with Gasteiger partial charge in [0.25, 0.3) is 0 Å². The lowest BCUT2D eigenvalue weighted by Gasteiger charge is -2.09. The highest BCUT2D eigenvalue weighted by Gasteiger charge is 2.20. The lowest BCUT2D eigenvalue weighted by atomic mass is 10.0. The summed E-state index contributed by atoms with van der Waals surface area (Å²) < 4.78 is 5.23. The van der Waals surface area contributed by atoms with E-state index in [0.717, 1.165) is 11.1 Å². The highest BCUT2D eigenvalue weighted by molar-refractivity contribution is 7.14. The van der Waals surface area contributed by atoms with Crippen molar-refractivity contribution in [2.45, 2.75) is 20.0 Å². The second kappa shape index (κ2) is 5.23. The minimum absolute atomic E-state index is 0.152. The average molecular weight is 261 g/mol. The first-order chi connectivity index (χ1) is 8.59. The van der Waals surface area contributed by atoms with Crippen LogP contribution in [-0.2, 0) is 4.74 Å². The van der Waals surface area contributed by atoms with E-state index in [1.165, 1.54) is 11.3 Å². The van der Waals surface area contributed by atoms with Gasteiger partial charge < -0.3 is 10.5 Å². The van der Waals surface area contributed by atoms with Gasteiger partial charge in [-0.15, -0.1) is 11.3 Å². The van der Waals surface area contributed by atoms with E-state index in [0.29, 0.717) is 10.6 Å². The summed E-state index contributed by atoms with van der Waals surface area (Å²) >= 11 is 1.36. The maximum atomic E-state index is 12.0. The van der Waals surface area contributed by atoms with Crippen molar-refractivity contribution in [3.05, 3.63) is 41.3 Å². The van der Waals surface area contributed by atoms with Gasteiger partial charge in [0.1, 0.15) is 10.6 Å². The van der Waals surface area contributed by atoms with Crippen LogP contribution in [0, 0.1) is 0 Å². The first kappa shape index (κ1) is 12.6. The van der Waals surface area contributed by atoms with Gasteiger partial charge in [-0.1, -0.05) is 30.3 Å². The fraction of sp³-hybridized carbons (Fsp3) is 0.214. The molecule has 1 heterocycles. The first-order valence-electron chi connectivity index (χ1n) is 5.73. The minimum atomic E-state index is -0.359. The zero-order chi connectivity index (χ0) is 13.1. The smallest absolute Gasteiger partial charge is 0.342 e. The van der Waals surface area contributed by atoms with E-state index in [1.54, 1.807) is 0 Å². The molecule has 0 aliphatic rings. The van der Waals surface area contributed by atoms with Gasteiger partial charge in [-0.25, -0.2) is 4.79 Å². The van der Waals surface area contributed by atoms with Gasteiger partial charge in [-0.2, -0.15) is 0 Å². The number of benzene rings is 1. The Kier molecular flexibility index (Phi) is 3.67. The van der Waals surface area contributed by atoms with Crippen molar-refractivity contribution >= 4 is 22.3 Å². The maximum absolute atomic E-state index is 12.0. The van der Waals surface area contributed by atoms with Gasteiger partial charge in [0.2, 0.25) is 0 Å². The predicted molar refractivity (Wildman–Crippen MR) is 74.7 cm³/mol. The van der Waals surface area contributed by atoms with E-state index in [4.69, 9.17) is 10.5 Å². The van der Waals surface area contributed by atoms with E-state index in [9.17, 15) is 4.79 Å². The van der Waals surface area contributed by atoms with Crippen molar-refractivity contribution in [3.63, 3.8) is 0 Å². The number of hydrogen-bond donors (Lipinski definition) is 1. The summed E-state index contributed by atoms with van der Waals surface area (Å²) in [6, 6.07) is 9.70. The summed E-state index contributed by atoms with van der Waals surface area (Å²) in [6.45, 7) is 3.64. The van der Waals surface area contributed by atoms with Crippen LogP contribution in [0.2, 0.25) is 0 Å². The molecule has 0 aliphatic carbocycles. The Bertz CT molecular complexity index is 546. The van der Waals surface area contributed by atoms with Crippen LogP contribution in [0.25, 0.3) is 11.1 Å². The van der Waals surface area contributed by atoms with Crippen molar-refractivity contribution in [2.75, 3.05) is 5.73 Å². The van der Waals surface area contributed by atoms with Gasteiger partial charge in [-0.3, -0.25) is 0 Å². The lowest BCUT2D eigenvalue weighted by Crippen LogP contribution is -2.13. The molecule has 0 spiro atoms. The number of rotatable bonds is 3. The van der Waals surface area contributed by atoms with Gasteiger partial charge >= 0.3 is 5.97 Å². The molecule has 0 aliphatic heterocycles. The Hall–Kier alpha value is -1.81. The number of esters is 1. The van der Waals surface area contributed by atoms with Crippen LogP contribution in [-0.4, -0.2) is 12.1 Å². The number of anilines is 1. The molecule has 3 nitrogen and oxygen atoms in total. The van der Waals surface area contributed by atoms with Crippen LogP contribution < -0.4 is 5.73 Å². The molecule has 94 valence electrons. The Morgan fingerprint density at radius 2 is 1.94 bits per heavy atom. The molecular weight excluding hydrogens is 246 g/mol. The third-order valence-corrected chi connectivity index (χ3v) is 3.26. The molecule has 0 radical (unpaired) electrons. The zero-order valence-corrected chi connectivity index (χ0v) is 11.2. The third-order valence-electron chi connectivity index (χ3n) is 2.45. The number of ether oxygens (including phenoxy) is 1. The average Bonchev–Trinajstić information content (AvgIpc) is 2.71. The molecule has 0 amide bonds. The third kappa shape index (κ3) is 2.54. The second-order valence-corrected chi connectivity index (χ2v) is 5.12. The zero-order valence-electron chi connectivity index (χ0n) is 10.3. The van der Waals surface area contributed by atoms with Crippen LogP contribution in [0.3, 0.4) is 0 Å². The molecule has 2 aromatic rings. The molecule has 0 saturated carbocycles. The quantitative estimate of drug-likeness (QED) is 0.859. The van der Waals surface area contributed by atoms with Crippen LogP contribution in [0.4, 0.5) is 5.00 Å². The van der Waals surface area contributed by atoms with E-state index in [-0.39, 0.29) is 12.1 Å². The largest absolute Gasteiger partial charge is 0.459 e. The van der Waals surface area contributed by atoms with Crippen LogP contribution >= 0.6 is 11.3 Å². The Morgan fingerprint density at radius 3 is 2.56 bits per heavy atom. The van der Waals surface area contributed by atoms with E-state index in [1.807, 2.05) is 49.6 Å². The molecule has 0 bridgehead atoms. The first-order valence-corrected chi connectivity index (χ1v) is 6.61. The summed E-state index contributed by atoms with van der Waals surface area (Å²) in [5.41, 5.74) is 8.16. The maximum Gasteiger partial charge on any atom is 0.342 e. The number of carbonyl (C=O) groups is 1. The van der Waals surface area contributed by atoms with Crippen molar-refractivity contribution in [3.8, 4) is 11.1 Å². The minimum Gasteiger partial charge on any atom is -0.459 e. The lowest BCUT2D eigenvalue weighted by molar-refractivity contribution is 0.0380. The Balaban J connectivity index is 2.42. The normalized spacial score (nSPS) is 10.6. The number of carbonyl (C=O) groups excluding carboxylic acids is 1. The molecular formula is C14H15NO2S. The van der Waals surface area contributed by atoms with Gasteiger partial charge in [0.15, 0.2) is 0 Å². The van der Waals surface area contributed by atoms with E-state index >= 15 is 0 Å². The molecule has 1 aromatic heterocycles. The Labute approximate surface area is 110 Å². The van der Waals surface area contributed by atoms with Gasteiger partial charge in [-0.05, 0) is 19.4 Å². The predicted octanol–water partition coefficient (Wildman–Crippen LogP) is 3.56. The fourth-order valence-corrected chi connectivity index (χ4v) is 2.50. The van der Waals surface area contributed by atoms with Gasteiger partial charge in [0.05, 0.1) is 6.10 Å². The van der Waals surface area contributed by atoms with Crippen molar-refractivity contribution in [1.82, 2.24) is 0 Å². The molecule has 0 unspecified atom stereocenters. The summed E-state index contributed by atoms with van der Waals surface area (Å²) in [6.07, 6.45) is -0.152. The number of nitrogen functional groups attached to an aromatic ring is 1. The molecule has 18 heavy (non-hydrogen) atoms. The van der Waals surface area contributed by atoms with Crippen molar-refractivity contribution in [1.29, 1.82) is 0 Å². The monoisotopic (exact) mass is 261 g/mol. The summed E-state index contributed by atoms with van der Waals surface area (Å²) in [5, 5.41) is 2.39. The van der Waals surface area contributed by atoms with E-state index < -0.39 is 0 Å². The second-order valence-electron chi connectivity index (χ2n) is 4.21. The molecule has 4 heteroatoms. The molecule has 0 saturated heterocycles. The SMILES string of the molecule is CC(C)OC(=O)c1c(-c2ccccc2)csc1N. The number of nitrogens with two attached hydrogens (primary N) is 1. The summed E-state index contributed by atoms with van der Waals surface area (Å²) in [7, 11) is 0. The number of hydrogen-bond acceptors (Lipinski definition) is 4. The van der Waals surface area contributed by atoms with Gasteiger partial charge in [0, 0.05) is 10.9 Å². The van der Waals surface area contributed by atoms with Crippen LogP contribution in [0.15, 0.2) is 35.7 Å². The number of thiophene rings is 1. The molecule has 0 atom stereocenters. The standard InChI is InChI=1S/C14H15NO2S/c1-9(2)17-14(16)12-11(8-18-13(12)15)10-6-4-3-5-7-10/h3-9H,15H2,1-2H3. The molecule has 0 fully saturated rings. The molecule has 2 N–H and O–H groups in total. The van der Waals surface area contributed by atoms with Crippen LogP contribution in [0.5, 0.6) is 0 Å². The summed E-state index contributed by atoms with van der Waals surface area (Å²) in [5.74, 6) is -0.359.